The highest BCUT2D eigenvalue weighted by atomic mass is 35.5. The number of hydrogen-bond donors (Lipinski definition) is 2. The van der Waals surface area contributed by atoms with Gasteiger partial charge in [0.25, 0.3) is 0 Å². The molecule has 2 aromatic rings. The highest BCUT2D eigenvalue weighted by molar-refractivity contribution is 6.32. The molecule has 0 spiro atoms. The van der Waals surface area contributed by atoms with Gasteiger partial charge in [-0.1, -0.05) is 23.7 Å². The first-order valence-electron chi connectivity index (χ1n) is 7.00. The fourth-order valence-corrected chi connectivity index (χ4v) is 2.58. The molecule has 1 aromatic heterocycles. The third-order valence-corrected chi connectivity index (χ3v) is 3.91. The molecule has 1 saturated heterocycles. The number of carbonyl (C=O) groups is 2. The Morgan fingerprint density at radius 2 is 2.23 bits per heavy atom. The van der Waals surface area contributed by atoms with Crippen molar-refractivity contribution >= 4 is 29.1 Å². The minimum atomic E-state index is -0.207. The molecule has 7 heteroatoms. The van der Waals surface area contributed by atoms with E-state index in [-0.39, 0.29) is 17.7 Å². The molecule has 1 atom stereocenters. The van der Waals surface area contributed by atoms with Crippen LogP contribution in [-0.2, 0) is 9.59 Å². The number of anilines is 1. The summed E-state index contributed by atoms with van der Waals surface area (Å²) in [6.45, 7) is 0.378. The number of hydrogen-bond acceptors (Lipinski definition) is 3. The van der Waals surface area contributed by atoms with Crippen LogP contribution in [0.15, 0.2) is 36.7 Å². The van der Waals surface area contributed by atoms with Crippen LogP contribution in [0.2, 0.25) is 5.02 Å². The Morgan fingerprint density at radius 3 is 2.95 bits per heavy atom. The lowest BCUT2D eigenvalue weighted by atomic mass is 9.98. The molecule has 22 heavy (non-hydrogen) atoms. The van der Waals surface area contributed by atoms with E-state index in [0.29, 0.717) is 30.1 Å². The third-order valence-electron chi connectivity index (χ3n) is 3.59. The highest BCUT2D eigenvalue weighted by Crippen LogP contribution is 2.21. The number of halogens is 1. The van der Waals surface area contributed by atoms with Crippen molar-refractivity contribution in [1.29, 1.82) is 0 Å². The zero-order valence-electron chi connectivity index (χ0n) is 11.8. The normalized spacial score (nSPS) is 17.9. The lowest BCUT2D eigenvalue weighted by Gasteiger charge is -2.21. The summed E-state index contributed by atoms with van der Waals surface area (Å²) >= 11 is 6.12. The number of benzene rings is 1. The van der Waals surface area contributed by atoms with Crippen molar-refractivity contribution in [2.45, 2.75) is 12.8 Å². The zero-order chi connectivity index (χ0) is 15.5. The first-order valence-corrected chi connectivity index (χ1v) is 7.38. The van der Waals surface area contributed by atoms with E-state index in [1.807, 2.05) is 18.2 Å². The Labute approximate surface area is 132 Å². The van der Waals surface area contributed by atoms with E-state index >= 15 is 0 Å². The van der Waals surface area contributed by atoms with Crippen molar-refractivity contribution in [3.05, 3.63) is 41.7 Å². The number of carbonyl (C=O) groups excluding carboxylic acids is 2. The van der Waals surface area contributed by atoms with Gasteiger partial charge in [0, 0.05) is 13.0 Å². The van der Waals surface area contributed by atoms with Gasteiger partial charge in [0.2, 0.25) is 11.8 Å². The van der Waals surface area contributed by atoms with Crippen LogP contribution in [0.4, 0.5) is 5.69 Å². The molecule has 1 aliphatic rings. The molecule has 3 rings (SSSR count). The van der Waals surface area contributed by atoms with Gasteiger partial charge in [-0.15, -0.1) is 0 Å². The van der Waals surface area contributed by atoms with E-state index in [4.69, 9.17) is 11.6 Å². The van der Waals surface area contributed by atoms with E-state index < -0.39 is 0 Å². The van der Waals surface area contributed by atoms with Crippen LogP contribution in [0.25, 0.3) is 5.69 Å². The molecule has 1 fully saturated rings. The smallest absolute Gasteiger partial charge is 0.229 e. The molecule has 114 valence electrons. The van der Waals surface area contributed by atoms with Crippen LogP contribution in [-0.4, -0.2) is 28.1 Å². The van der Waals surface area contributed by atoms with Gasteiger partial charge in [0.05, 0.1) is 34.7 Å². The molecule has 0 radical (unpaired) electrons. The van der Waals surface area contributed by atoms with Gasteiger partial charge in [0.15, 0.2) is 0 Å². The van der Waals surface area contributed by atoms with Crippen LogP contribution in [0, 0.1) is 5.92 Å². The first-order chi connectivity index (χ1) is 10.6. The Morgan fingerprint density at radius 1 is 1.41 bits per heavy atom. The monoisotopic (exact) mass is 318 g/mol. The first kappa shape index (κ1) is 14.6. The Hall–Kier alpha value is -2.34. The fraction of sp³-hybridized carbons (Fsp3) is 0.267. The standard InChI is InChI=1S/C15H15ClN4O2/c16-12-3-1-2-4-13(12)20-9-11(8-18-20)19-15(22)10-5-6-14(21)17-7-10/h1-4,8-10H,5-7H2,(H,17,21)(H,19,22). The molecule has 0 bridgehead atoms. The second-order valence-electron chi connectivity index (χ2n) is 5.15. The van der Waals surface area contributed by atoms with Gasteiger partial charge in [0.1, 0.15) is 0 Å². The summed E-state index contributed by atoms with van der Waals surface area (Å²) in [5, 5.41) is 10.3. The molecule has 6 nitrogen and oxygen atoms in total. The van der Waals surface area contributed by atoms with Gasteiger partial charge in [-0.3, -0.25) is 9.59 Å². The van der Waals surface area contributed by atoms with E-state index in [9.17, 15) is 9.59 Å². The summed E-state index contributed by atoms with van der Waals surface area (Å²) < 4.78 is 1.61. The van der Waals surface area contributed by atoms with Gasteiger partial charge in [-0.2, -0.15) is 5.10 Å². The molecule has 2 N–H and O–H groups in total. The van der Waals surface area contributed by atoms with E-state index in [2.05, 4.69) is 15.7 Å². The van der Waals surface area contributed by atoms with Crippen molar-refractivity contribution < 1.29 is 9.59 Å². The number of aromatic nitrogens is 2. The van der Waals surface area contributed by atoms with E-state index in [1.165, 1.54) is 0 Å². The molecule has 1 aromatic carbocycles. The number of amides is 2. The summed E-state index contributed by atoms with van der Waals surface area (Å²) in [7, 11) is 0. The largest absolute Gasteiger partial charge is 0.355 e. The van der Waals surface area contributed by atoms with Crippen molar-refractivity contribution in [3.63, 3.8) is 0 Å². The quantitative estimate of drug-likeness (QED) is 0.908. The zero-order valence-corrected chi connectivity index (χ0v) is 12.5. The molecule has 2 heterocycles. The van der Waals surface area contributed by atoms with Crippen LogP contribution >= 0.6 is 11.6 Å². The van der Waals surface area contributed by atoms with Crippen LogP contribution in [0.1, 0.15) is 12.8 Å². The molecular formula is C15H15ClN4O2. The summed E-state index contributed by atoms with van der Waals surface area (Å²) in [5.41, 5.74) is 1.34. The Bertz CT molecular complexity index is 703. The van der Waals surface area contributed by atoms with Crippen LogP contribution < -0.4 is 10.6 Å². The maximum absolute atomic E-state index is 12.2. The van der Waals surface area contributed by atoms with E-state index in [0.717, 1.165) is 5.69 Å². The highest BCUT2D eigenvalue weighted by Gasteiger charge is 2.24. The van der Waals surface area contributed by atoms with Gasteiger partial charge in [-0.05, 0) is 18.6 Å². The predicted molar refractivity (Wildman–Crippen MR) is 82.9 cm³/mol. The summed E-state index contributed by atoms with van der Waals surface area (Å²) in [5.74, 6) is -0.323. The Balaban J connectivity index is 1.68. The molecule has 1 unspecified atom stereocenters. The molecular weight excluding hydrogens is 304 g/mol. The van der Waals surface area contributed by atoms with Gasteiger partial charge in [-0.25, -0.2) is 4.68 Å². The van der Waals surface area contributed by atoms with Crippen molar-refractivity contribution in [2.24, 2.45) is 5.92 Å². The van der Waals surface area contributed by atoms with Gasteiger partial charge >= 0.3 is 0 Å². The lowest BCUT2D eigenvalue weighted by molar-refractivity contribution is -0.126. The summed E-state index contributed by atoms with van der Waals surface area (Å²) in [6, 6.07) is 7.33. The van der Waals surface area contributed by atoms with Crippen LogP contribution in [0.5, 0.6) is 0 Å². The maximum atomic E-state index is 12.2. The Kier molecular flexibility index (Phi) is 4.11. The van der Waals surface area contributed by atoms with Gasteiger partial charge < -0.3 is 10.6 Å². The lowest BCUT2D eigenvalue weighted by Crippen LogP contribution is -2.40. The molecule has 0 aliphatic carbocycles. The third kappa shape index (κ3) is 3.12. The molecule has 2 amide bonds. The second-order valence-corrected chi connectivity index (χ2v) is 5.56. The number of para-hydroxylation sites is 1. The number of rotatable bonds is 3. The summed E-state index contributed by atoms with van der Waals surface area (Å²) in [6.07, 6.45) is 4.23. The van der Waals surface area contributed by atoms with Crippen molar-refractivity contribution in [1.82, 2.24) is 15.1 Å². The minimum Gasteiger partial charge on any atom is -0.355 e. The topological polar surface area (TPSA) is 76.0 Å². The van der Waals surface area contributed by atoms with Crippen molar-refractivity contribution in [2.75, 3.05) is 11.9 Å². The molecule has 1 aliphatic heterocycles. The fourth-order valence-electron chi connectivity index (χ4n) is 2.36. The predicted octanol–water partition coefficient (Wildman–Crippen LogP) is 1.99. The van der Waals surface area contributed by atoms with Crippen molar-refractivity contribution in [3.8, 4) is 5.69 Å². The SMILES string of the molecule is O=C1CCC(C(=O)Nc2cnn(-c3ccccc3Cl)c2)CN1. The number of nitrogens with one attached hydrogen (secondary N) is 2. The minimum absolute atomic E-state index is 0.00408. The maximum Gasteiger partial charge on any atom is 0.229 e. The average molecular weight is 319 g/mol. The summed E-state index contributed by atoms with van der Waals surface area (Å²) in [4.78, 5) is 23.3. The van der Waals surface area contributed by atoms with Crippen LogP contribution in [0.3, 0.4) is 0 Å². The number of piperidine rings is 1. The average Bonchev–Trinajstić information content (AvgIpc) is 2.96. The second kappa shape index (κ2) is 6.19. The number of nitrogens with zero attached hydrogens (tertiary/aromatic N) is 2. The van der Waals surface area contributed by atoms with E-state index in [1.54, 1.807) is 23.1 Å². The molecule has 0 saturated carbocycles.